The second kappa shape index (κ2) is 10.8. The Hall–Kier alpha value is 0.0800. The smallest absolute Gasteiger partial charge is 0.122 e. The van der Waals surface area contributed by atoms with E-state index < -0.39 is 0 Å². The molecule has 0 amide bonds. The minimum Gasteiger partial charge on any atom is -0.493 e. The molecule has 0 fully saturated rings. The summed E-state index contributed by atoms with van der Waals surface area (Å²) in [6.07, 6.45) is 8.90. The fraction of sp³-hybridized carbons (Fsp3) is 0.600. The summed E-state index contributed by atoms with van der Waals surface area (Å²) >= 11 is 15.3. The first-order valence-electron chi connectivity index (χ1n) is 6.87. The molecule has 0 aliphatic carbocycles. The first-order valence-corrected chi connectivity index (χ1v) is 8.75. The molecule has 0 atom stereocenters. The molecule has 0 bridgehead atoms. The summed E-state index contributed by atoms with van der Waals surface area (Å²) in [5, 5.41) is 2.37. The highest BCUT2D eigenvalue weighted by molar-refractivity contribution is 9.09. The average molecular weight is 368 g/mol. The maximum absolute atomic E-state index is 5.91. The normalized spacial score (nSPS) is 10.7. The Balaban J connectivity index is 2.01. The van der Waals surface area contributed by atoms with Gasteiger partial charge in [0.25, 0.3) is 0 Å². The Morgan fingerprint density at radius 2 is 1.32 bits per heavy atom. The molecule has 1 aromatic rings. The van der Waals surface area contributed by atoms with Crippen molar-refractivity contribution in [1.29, 1.82) is 0 Å². The molecule has 1 aromatic carbocycles. The summed E-state index contributed by atoms with van der Waals surface area (Å²) in [6, 6.07) is 5.31. The molecule has 0 saturated carbocycles. The van der Waals surface area contributed by atoms with Crippen molar-refractivity contribution >= 4 is 39.1 Å². The van der Waals surface area contributed by atoms with Gasteiger partial charge in [-0.1, -0.05) is 71.2 Å². The number of unbranched alkanes of at least 4 members (excludes halogenated alkanes) is 6. The van der Waals surface area contributed by atoms with Crippen molar-refractivity contribution < 1.29 is 4.74 Å². The first-order chi connectivity index (χ1) is 9.22. The first kappa shape index (κ1) is 17.1. The zero-order valence-corrected chi connectivity index (χ0v) is 14.2. The van der Waals surface area contributed by atoms with Crippen LogP contribution in [0.4, 0.5) is 0 Å². The fourth-order valence-electron chi connectivity index (χ4n) is 1.88. The molecule has 1 rings (SSSR count). The van der Waals surface area contributed by atoms with Gasteiger partial charge in [0, 0.05) is 15.4 Å². The summed E-state index contributed by atoms with van der Waals surface area (Å²) in [5.41, 5.74) is 0. The van der Waals surface area contributed by atoms with E-state index in [1.54, 1.807) is 18.2 Å². The topological polar surface area (TPSA) is 9.23 Å². The van der Waals surface area contributed by atoms with Crippen molar-refractivity contribution in [3.05, 3.63) is 28.2 Å². The highest BCUT2D eigenvalue weighted by Gasteiger charge is 1.99. The number of halogens is 3. The number of rotatable bonds is 10. The van der Waals surface area contributed by atoms with Crippen LogP contribution in [0.15, 0.2) is 18.2 Å². The number of hydrogen-bond donors (Lipinski definition) is 0. The molecule has 0 spiro atoms. The minimum atomic E-state index is 0.620. The predicted octanol–water partition coefficient (Wildman–Crippen LogP) is 6.50. The van der Waals surface area contributed by atoms with Gasteiger partial charge in [0.1, 0.15) is 5.75 Å². The molecule has 0 N–H and O–H groups in total. The molecule has 0 aliphatic rings. The SMILES string of the molecule is Clc1cc(Cl)cc(OCCCCCCCCCBr)c1. The van der Waals surface area contributed by atoms with E-state index in [1.165, 1.54) is 38.5 Å². The summed E-state index contributed by atoms with van der Waals surface area (Å²) in [5.74, 6) is 0.759. The Kier molecular flexibility index (Phi) is 9.76. The van der Waals surface area contributed by atoms with Crippen molar-refractivity contribution in [3.8, 4) is 5.75 Å². The van der Waals surface area contributed by atoms with Gasteiger partial charge in [0.2, 0.25) is 0 Å². The van der Waals surface area contributed by atoms with Crippen molar-refractivity contribution in [2.45, 2.75) is 44.9 Å². The van der Waals surface area contributed by atoms with Crippen molar-refractivity contribution in [1.82, 2.24) is 0 Å². The largest absolute Gasteiger partial charge is 0.493 e. The zero-order chi connectivity index (χ0) is 13.9. The van der Waals surface area contributed by atoms with Crippen LogP contribution in [0.1, 0.15) is 44.9 Å². The lowest BCUT2D eigenvalue weighted by molar-refractivity contribution is 0.304. The quantitative estimate of drug-likeness (QED) is 0.338. The summed E-state index contributed by atoms with van der Waals surface area (Å²) in [4.78, 5) is 0. The lowest BCUT2D eigenvalue weighted by Crippen LogP contribution is -1.97. The van der Waals surface area contributed by atoms with E-state index in [0.717, 1.165) is 24.1 Å². The van der Waals surface area contributed by atoms with Crippen LogP contribution in [0.5, 0.6) is 5.75 Å². The van der Waals surface area contributed by atoms with E-state index in [4.69, 9.17) is 27.9 Å². The van der Waals surface area contributed by atoms with Crippen LogP contribution < -0.4 is 4.74 Å². The van der Waals surface area contributed by atoms with Crippen LogP contribution in [-0.2, 0) is 0 Å². The van der Waals surface area contributed by atoms with Crippen LogP contribution in [0.2, 0.25) is 10.0 Å². The number of benzene rings is 1. The van der Waals surface area contributed by atoms with Gasteiger partial charge in [-0.2, -0.15) is 0 Å². The van der Waals surface area contributed by atoms with E-state index in [-0.39, 0.29) is 0 Å². The van der Waals surface area contributed by atoms with Crippen molar-refractivity contribution in [3.63, 3.8) is 0 Å². The van der Waals surface area contributed by atoms with E-state index in [1.807, 2.05) is 0 Å². The number of hydrogen-bond acceptors (Lipinski definition) is 1. The Morgan fingerprint density at radius 1 is 0.789 bits per heavy atom. The second-order valence-electron chi connectivity index (χ2n) is 4.62. The van der Waals surface area contributed by atoms with Gasteiger partial charge in [-0.3, -0.25) is 0 Å². The van der Waals surface area contributed by atoms with Gasteiger partial charge < -0.3 is 4.74 Å². The standard InChI is InChI=1S/C15H21BrCl2O/c16-8-6-4-2-1-3-5-7-9-19-15-11-13(17)10-14(18)12-15/h10-12H,1-9H2. The lowest BCUT2D eigenvalue weighted by Gasteiger charge is -2.07. The third kappa shape index (κ3) is 8.78. The molecular formula is C15H21BrCl2O. The molecule has 1 nitrogen and oxygen atoms in total. The molecule has 108 valence electrons. The molecule has 4 heteroatoms. The molecule has 0 heterocycles. The number of alkyl halides is 1. The van der Waals surface area contributed by atoms with Crippen LogP contribution in [-0.4, -0.2) is 11.9 Å². The van der Waals surface area contributed by atoms with Gasteiger partial charge >= 0.3 is 0 Å². The Bertz CT molecular complexity index is 338. The molecular weight excluding hydrogens is 347 g/mol. The fourth-order valence-corrected chi connectivity index (χ4v) is 2.78. The van der Waals surface area contributed by atoms with Crippen LogP contribution in [0.3, 0.4) is 0 Å². The molecule has 0 radical (unpaired) electrons. The van der Waals surface area contributed by atoms with Crippen LogP contribution in [0.25, 0.3) is 0 Å². The van der Waals surface area contributed by atoms with E-state index in [0.29, 0.717) is 10.0 Å². The summed E-state index contributed by atoms with van der Waals surface area (Å²) in [6.45, 7) is 0.734. The van der Waals surface area contributed by atoms with Gasteiger partial charge in [0.15, 0.2) is 0 Å². The molecule has 0 unspecified atom stereocenters. The third-order valence-electron chi connectivity index (χ3n) is 2.88. The van der Waals surface area contributed by atoms with E-state index >= 15 is 0 Å². The second-order valence-corrected chi connectivity index (χ2v) is 6.28. The minimum absolute atomic E-state index is 0.620. The predicted molar refractivity (Wildman–Crippen MR) is 88.1 cm³/mol. The maximum Gasteiger partial charge on any atom is 0.122 e. The number of ether oxygens (including phenoxy) is 1. The van der Waals surface area contributed by atoms with Crippen LogP contribution in [0, 0.1) is 0 Å². The summed E-state index contributed by atoms with van der Waals surface area (Å²) in [7, 11) is 0. The highest BCUT2D eigenvalue weighted by Crippen LogP contribution is 2.24. The molecule has 0 aliphatic heterocycles. The Morgan fingerprint density at radius 3 is 1.89 bits per heavy atom. The third-order valence-corrected chi connectivity index (χ3v) is 3.88. The van der Waals surface area contributed by atoms with Gasteiger partial charge in [-0.15, -0.1) is 0 Å². The van der Waals surface area contributed by atoms with E-state index in [2.05, 4.69) is 15.9 Å². The molecule has 19 heavy (non-hydrogen) atoms. The van der Waals surface area contributed by atoms with E-state index in [9.17, 15) is 0 Å². The summed E-state index contributed by atoms with van der Waals surface area (Å²) < 4.78 is 5.64. The lowest BCUT2D eigenvalue weighted by atomic mass is 10.1. The van der Waals surface area contributed by atoms with Gasteiger partial charge in [0.05, 0.1) is 6.61 Å². The maximum atomic E-state index is 5.91. The van der Waals surface area contributed by atoms with Gasteiger partial charge in [-0.25, -0.2) is 0 Å². The zero-order valence-electron chi connectivity index (χ0n) is 11.1. The van der Waals surface area contributed by atoms with Crippen molar-refractivity contribution in [2.75, 3.05) is 11.9 Å². The van der Waals surface area contributed by atoms with Crippen LogP contribution >= 0.6 is 39.1 Å². The monoisotopic (exact) mass is 366 g/mol. The average Bonchev–Trinajstić information content (AvgIpc) is 2.36. The molecule has 0 saturated heterocycles. The van der Waals surface area contributed by atoms with Crippen molar-refractivity contribution in [2.24, 2.45) is 0 Å². The van der Waals surface area contributed by atoms with Gasteiger partial charge in [-0.05, 0) is 31.0 Å². The highest BCUT2D eigenvalue weighted by atomic mass is 79.9. The Labute approximate surface area is 134 Å². The molecule has 0 aromatic heterocycles.